The first-order valence-electron chi connectivity index (χ1n) is 6.67. The molecule has 21 heavy (non-hydrogen) atoms. The zero-order chi connectivity index (χ0) is 16.2. The second-order valence-electron chi connectivity index (χ2n) is 5.17. The Kier molecular flexibility index (Phi) is 6.10. The first-order valence-corrected chi connectivity index (χ1v) is 8.87. The molecule has 1 aromatic heterocycles. The van der Waals surface area contributed by atoms with Crippen LogP contribution in [-0.4, -0.2) is 48.5 Å². The average Bonchev–Trinajstić information content (AvgIpc) is 2.66. The third-order valence-corrected chi connectivity index (χ3v) is 5.23. The van der Waals surface area contributed by atoms with Gasteiger partial charge >= 0.3 is 6.03 Å². The number of aromatic nitrogens is 1. The lowest BCUT2D eigenvalue weighted by molar-refractivity contribution is 0.203. The number of hydrogen-bond acceptors (Lipinski definition) is 3. The number of nitrogens with one attached hydrogen (secondary N) is 1. The number of halogens is 1. The first-order chi connectivity index (χ1) is 9.64. The fourth-order valence-corrected chi connectivity index (χ4v) is 3.25. The van der Waals surface area contributed by atoms with E-state index in [9.17, 15) is 13.2 Å². The molecule has 0 saturated heterocycles. The summed E-state index contributed by atoms with van der Waals surface area (Å²) < 4.78 is 24.9. The number of aryl methyl sites for hydroxylation is 1. The van der Waals surface area contributed by atoms with Crippen molar-refractivity contribution in [2.45, 2.75) is 26.4 Å². The van der Waals surface area contributed by atoms with Gasteiger partial charge in [-0.15, -0.1) is 0 Å². The highest BCUT2D eigenvalue weighted by molar-refractivity contribution is 7.91. The molecular formula is C13H22ClN3O3S. The lowest BCUT2D eigenvalue weighted by atomic mass is 10.4. The Morgan fingerprint density at radius 1 is 1.52 bits per heavy atom. The van der Waals surface area contributed by atoms with Crippen molar-refractivity contribution in [1.29, 1.82) is 0 Å². The Morgan fingerprint density at radius 3 is 2.62 bits per heavy atom. The minimum atomic E-state index is -3.11. The molecule has 0 saturated carbocycles. The van der Waals surface area contributed by atoms with Gasteiger partial charge in [-0.25, -0.2) is 13.2 Å². The number of hydrogen-bond donors (Lipinski definition) is 1. The summed E-state index contributed by atoms with van der Waals surface area (Å²) >= 11 is 5.90. The lowest BCUT2D eigenvalue weighted by Crippen LogP contribution is -2.44. The molecule has 0 unspecified atom stereocenters. The summed E-state index contributed by atoms with van der Waals surface area (Å²) in [5, 5.41) is 3.30. The van der Waals surface area contributed by atoms with E-state index in [4.69, 9.17) is 11.6 Å². The molecule has 0 bridgehead atoms. The van der Waals surface area contributed by atoms with Crippen LogP contribution in [0.4, 0.5) is 4.79 Å². The Balaban J connectivity index is 2.57. The molecule has 0 aliphatic carbocycles. The van der Waals surface area contributed by atoms with Crippen LogP contribution in [0.5, 0.6) is 0 Å². The van der Waals surface area contributed by atoms with E-state index in [1.54, 1.807) is 33.2 Å². The molecule has 0 aromatic carbocycles. The largest absolute Gasteiger partial charge is 0.351 e. The Bertz CT molecular complexity index is 598. The molecule has 0 aliphatic rings. The van der Waals surface area contributed by atoms with Gasteiger partial charge in [0.15, 0.2) is 9.84 Å². The predicted octanol–water partition coefficient (Wildman–Crippen LogP) is 1.64. The van der Waals surface area contributed by atoms with E-state index in [1.165, 1.54) is 4.90 Å². The number of nitrogens with zero attached hydrogens (tertiary/aromatic N) is 2. The van der Waals surface area contributed by atoms with Crippen molar-refractivity contribution in [3.05, 3.63) is 23.0 Å². The van der Waals surface area contributed by atoms with Crippen molar-refractivity contribution in [2.24, 2.45) is 7.05 Å². The molecule has 0 aliphatic heterocycles. The summed E-state index contributed by atoms with van der Waals surface area (Å²) in [6.07, 6.45) is 1.76. The van der Waals surface area contributed by atoms with Crippen LogP contribution >= 0.6 is 11.6 Å². The van der Waals surface area contributed by atoms with Crippen molar-refractivity contribution in [3.63, 3.8) is 0 Å². The molecule has 1 rings (SSSR count). The van der Waals surface area contributed by atoms with Crippen molar-refractivity contribution in [1.82, 2.24) is 14.8 Å². The minimum absolute atomic E-state index is 0.0565. The quantitative estimate of drug-likeness (QED) is 0.859. The van der Waals surface area contributed by atoms with Crippen LogP contribution in [0.25, 0.3) is 0 Å². The van der Waals surface area contributed by atoms with Crippen molar-refractivity contribution >= 4 is 27.5 Å². The molecule has 1 N–H and O–H groups in total. The molecule has 8 heteroatoms. The van der Waals surface area contributed by atoms with Crippen molar-refractivity contribution in [2.75, 3.05) is 18.6 Å². The molecule has 2 amide bonds. The van der Waals surface area contributed by atoms with Crippen LogP contribution in [0.3, 0.4) is 0 Å². The summed E-state index contributed by atoms with van der Waals surface area (Å²) in [7, 11) is 0.394. The monoisotopic (exact) mass is 335 g/mol. The van der Waals surface area contributed by atoms with E-state index < -0.39 is 15.9 Å². The molecule has 0 spiro atoms. The lowest BCUT2D eigenvalue weighted by Gasteiger charge is -2.21. The Labute approximate surface area is 131 Å². The zero-order valence-corrected chi connectivity index (χ0v) is 14.3. The molecule has 1 heterocycles. The maximum absolute atomic E-state index is 12.0. The van der Waals surface area contributed by atoms with Gasteiger partial charge in [0, 0.05) is 37.8 Å². The number of sulfone groups is 1. The Morgan fingerprint density at radius 2 is 2.14 bits per heavy atom. The summed E-state index contributed by atoms with van der Waals surface area (Å²) in [6.45, 7) is 3.66. The van der Waals surface area contributed by atoms with Gasteiger partial charge in [-0.05, 0) is 13.0 Å². The van der Waals surface area contributed by atoms with Gasteiger partial charge in [0.25, 0.3) is 0 Å². The Hall–Kier alpha value is -1.21. The van der Waals surface area contributed by atoms with E-state index in [0.717, 1.165) is 5.69 Å². The van der Waals surface area contributed by atoms with Gasteiger partial charge < -0.3 is 14.8 Å². The molecular weight excluding hydrogens is 314 g/mol. The van der Waals surface area contributed by atoms with Crippen LogP contribution in [-0.2, 0) is 23.4 Å². The summed E-state index contributed by atoms with van der Waals surface area (Å²) in [4.78, 5) is 13.5. The van der Waals surface area contributed by atoms with Gasteiger partial charge in [0.1, 0.15) is 0 Å². The van der Waals surface area contributed by atoms with Crippen LogP contribution < -0.4 is 5.32 Å². The van der Waals surface area contributed by atoms with Crippen LogP contribution in [0.15, 0.2) is 12.3 Å². The summed E-state index contributed by atoms with van der Waals surface area (Å²) in [5.41, 5.74) is 0.895. The minimum Gasteiger partial charge on any atom is -0.351 e. The van der Waals surface area contributed by atoms with Gasteiger partial charge in [-0.1, -0.05) is 18.5 Å². The highest BCUT2D eigenvalue weighted by Gasteiger charge is 2.18. The second kappa shape index (κ2) is 7.17. The number of carbonyl (C=O) groups is 1. The maximum atomic E-state index is 12.0. The van der Waals surface area contributed by atoms with Crippen molar-refractivity contribution < 1.29 is 13.2 Å². The van der Waals surface area contributed by atoms with E-state index >= 15 is 0 Å². The normalized spacial score (nSPS) is 13.0. The summed E-state index contributed by atoms with van der Waals surface area (Å²) in [6, 6.07) is 1.05. The van der Waals surface area contributed by atoms with Gasteiger partial charge in [-0.2, -0.15) is 0 Å². The molecule has 0 radical (unpaired) electrons. The number of rotatable bonds is 6. The highest BCUT2D eigenvalue weighted by atomic mass is 35.5. The molecule has 1 aromatic rings. The summed E-state index contributed by atoms with van der Waals surface area (Å²) in [5.74, 6) is 0.0178. The average molecular weight is 336 g/mol. The van der Waals surface area contributed by atoms with Crippen molar-refractivity contribution in [3.8, 4) is 0 Å². The fourth-order valence-electron chi connectivity index (χ4n) is 1.90. The third-order valence-electron chi connectivity index (χ3n) is 3.13. The number of carbonyl (C=O) groups excluding carboxylic acids is 1. The van der Waals surface area contributed by atoms with Gasteiger partial charge in [0.2, 0.25) is 0 Å². The second-order valence-corrected chi connectivity index (χ2v) is 8.00. The van der Waals surface area contributed by atoms with E-state index in [-0.39, 0.29) is 17.5 Å². The number of urea groups is 1. The van der Waals surface area contributed by atoms with E-state index in [0.29, 0.717) is 11.6 Å². The fraction of sp³-hybridized carbons (Fsp3) is 0.615. The molecule has 0 fully saturated rings. The van der Waals surface area contributed by atoms with Crippen LogP contribution in [0, 0.1) is 0 Å². The van der Waals surface area contributed by atoms with E-state index in [2.05, 4.69) is 5.32 Å². The SMILES string of the molecule is CCS(=O)(=O)C[C@@H](C)NC(=O)N(C)Cc1cc(Cl)cn1C. The zero-order valence-electron chi connectivity index (χ0n) is 12.8. The predicted molar refractivity (Wildman–Crippen MR) is 84.2 cm³/mol. The topological polar surface area (TPSA) is 71.4 Å². The smallest absolute Gasteiger partial charge is 0.317 e. The van der Waals surface area contributed by atoms with Gasteiger partial charge in [-0.3, -0.25) is 0 Å². The molecule has 1 atom stereocenters. The molecule has 120 valence electrons. The maximum Gasteiger partial charge on any atom is 0.317 e. The van der Waals surface area contributed by atoms with E-state index in [1.807, 2.05) is 11.6 Å². The number of amides is 2. The standard InChI is InChI=1S/C13H22ClN3O3S/c1-5-21(19,20)9-10(2)15-13(18)17(4)8-12-6-11(14)7-16(12)3/h6-7,10H,5,8-9H2,1-4H3,(H,15,18)/t10-/m1/s1. The third kappa shape index (κ3) is 5.59. The van der Waals surface area contributed by atoms with Crippen LogP contribution in [0.1, 0.15) is 19.5 Å². The highest BCUT2D eigenvalue weighted by Crippen LogP contribution is 2.14. The first kappa shape index (κ1) is 17.8. The molecule has 6 nitrogen and oxygen atoms in total. The van der Waals surface area contributed by atoms with Crippen LogP contribution in [0.2, 0.25) is 5.02 Å². The van der Waals surface area contributed by atoms with Gasteiger partial charge in [0.05, 0.1) is 17.3 Å².